The van der Waals surface area contributed by atoms with Crippen molar-refractivity contribution < 1.29 is 9.59 Å². The van der Waals surface area contributed by atoms with Crippen LogP contribution in [0.2, 0.25) is 0 Å². The topological polar surface area (TPSA) is 58.9 Å². The van der Waals surface area contributed by atoms with Crippen LogP contribution in [-0.2, 0) is 9.59 Å². The summed E-state index contributed by atoms with van der Waals surface area (Å²) in [5, 5.41) is 0. The molecule has 1 rings (SSSR count). The molecule has 2 atom stereocenters. The molecule has 94 valence electrons. The highest BCUT2D eigenvalue weighted by molar-refractivity contribution is 5.37. The van der Waals surface area contributed by atoms with Crippen LogP contribution in [0.4, 0.5) is 0 Å². The van der Waals surface area contributed by atoms with Crippen molar-refractivity contribution in [3.8, 4) is 0 Å². The van der Waals surface area contributed by atoms with Crippen LogP contribution in [0, 0.1) is 5.41 Å². The lowest BCUT2D eigenvalue weighted by atomic mass is 9.70. The fraction of sp³-hybridized carbons (Fsp3) is 0.846. The second-order valence-corrected chi connectivity index (χ2v) is 5.88. The van der Waals surface area contributed by atoms with Crippen molar-refractivity contribution in [2.45, 2.75) is 64.5 Å². The predicted molar refractivity (Wildman–Crippen MR) is 65.3 cm³/mol. The first-order valence-electron chi connectivity index (χ1n) is 6.09. The molecule has 0 aromatic rings. The van der Waals surface area contributed by atoms with Gasteiger partial charge in [0.05, 0.1) is 11.6 Å². The summed E-state index contributed by atoms with van der Waals surface area (Å²) in [6.45, 7) is 6.22. The van der Waals surface area contributed by atoms with E-state index >= 15 is 0 Å². The van der Waals surface area contributed by atoms with E-state index in [-0.39, 0.29) is 11.5 Å². The normalized spacial score (nSPS) is 32.5. The molecule has 0 aromatic heterocycles. The molecular weight excluding hydrogens is 216 g/mol. The second-order valence-electron chi connectivity index (χ2n) is 5.88. The maximum absolute atomic E-state index is 10.6. The molecule has 0 radical (unpaired) electrons. The second kappa shape index (κ2) is 5.39. The molecule has 0 spiro atoms. The van der Waals surface area contributed by atoms with Gasteiger partial charge in [-0.1, -0.05) is 26.7 Å². The first-order valence-corrected chi connectivity index (χ1v) is 6.09. The molecule has 0 aliphatic heterocycles. The van der Waals surface area contributed by atoms with Crippen LogP contribution in [-0.4, -0.2) is 23.7 Å². The highest BCUT2D eigenvalue weighted by atomic mass is 16.1. The van der Waals surface area contributed by atoms with Crippen molar-refractivity contribution >= 4 is 12.2 Å². The van der Waals surface area contributed by atoms with E-state index in [1.807, 2.05) is 6.92 Å². The molecule has 1 saturated carbocycles. The third-order valence-electron chi connectivity index (χ3n) is 3.65. The van der Waals surface area contributed by atoms with Gasteiger partial charge in [-0.3, -0.25) is 0 Å². The minimum Gasteiger partial charge on any atom is -0.211 e. The molecule has 0 aromatic carbocycles. The quantitative estimate of drug-likeness (QED) is 0.546. The van der Waals surface area contributed by atoms with Crippen molar-refractivity contribution in [3.05, 3.63) is 0 Å². The first kappa shape index (κ1) is 13.8. The average molecular weight is 236 g/mol. The van der Waals surface area contributed by atoms with Gasteiger partial charge < -0.3 is 0 Å². The van der Waals surface area contributed by atoms with Gasteiger partial charge in [0.1, 0.15) is 0 Å². The van der Waals surface area contributed by atoms with E-state index in [1.54, 1.807) is 12.2 Å². The maximum Gasteiger partial charge on any atom is 0.235 e. The minimum atomic E-state index is -0.622. The summed E-state index contributed by atoms with van der Waals surface area (Å²) < 4.78 is 0. The van der Waals surface area contributed by atoms with Gasteiger partial charge in [-0.25, -0.2) is 9.59 Å². The molecule has 0 saturated heterocycles. The largest absolute Gasteiger partial charge is 0.235 e. The van der Waals surface area contributed by atoms with Gasteiger partial charge in [0, 0.05) is 0 Å². The van der Waals surface area contributed by atoms with Crippen LogP contribution in [0.5, 0.6) is 0 Å². The van der Waals surface area contributed by atoms with E-state index in [0.717, 1.165) is 32.1 Å². The Labute approximate surface area is 102 Å². The lowest BCUT2D eigenvalue weighted by molar-refractivity contribution is 0.177. The van der Waals surface area contributed by atoms with E-state index in [9.17, 15) is 9.59 Å². The lowest BCUT2D eigenvalue weighted by Gasteiger charge is -2.39. The standard InChI is InChI=1S/C13H20N2O2/c1-12(2)7-5-4-6-11(14-9-16)13(3,8-12)15-10-17/h11H,4-8H2,1-3H3. The van der Waals surface area contributed by atoms with Gasteiger partial charge >= 0.3 is 0 Å². The van der Waals surface area contributed by atoms with E-state index in [1.165, 1.54) is 0 Å². The monoisotopic (exact) mass is 236 g/mol. The van der Waals surface area contributed by atoms with Gasteiger partial charge in [0.25, 0.3) is 0 Å². The van der Waals surface area contributed by atoms with Gasteiger partial charge in [-0.05, 0) is 31.6 Å². The Bertz CT molecular complexity index is 366. The van der Waals surface area contributed by atoms with Gasteiger partial charge in [-0.2, -0.15) is 9.98 Å². The van der Waals surface area contributed by atoms with Crippen molar-refractivity contribution in [1.29, 1.82) is 0 Å². The molecule has 17 heavy (non-hydrogen) atoms. The highest BCUT2D eigenvalue weighted by Gasteiger charge is 2.40. The molecule has 0 N–H and O–H groups in total. The SMILES string of the molecule is CC1(C)CCCCC(N=C=O)C(C)(N=C=O)C1. The van der Waals surface area contributed by atoms with Gasteiger partial charge in [-0.15, -0.1) is 0 Å². The fourth-order valence-corrected chi connectivity index (χ4v) is 2.91. The number of rotatable bonds is 2. The zero-order chi connectivity index (χ0) is 12.9. The Balaban J connectivity index is 3.09. The first-order chi connectivity index (χ1) is 7.93. The molecule has 1 aliphatic carbocycles. The Morgan fingerprint density at radius 3 is 2.41 bits per heavy atom. The molecule has 1 aliphatic rings. The van der Waals surface area contributed by atoms with Crippen LogP contribution in [0.1, 0.15) is 52.9 Å². The molecule has 1 fully saturated rings. The highest BCUT2D eigenvalue weighted by Crippen LogP contribution is 2.41. The number of hydrogen-bond donors (Lipinski definition) is 0. The van der Waals surface area contributed by atoms with Crippen molar-refractivity contribution in [3.63, 3.8) is 0 Å². The van der Waals surface area contributed by atoms with E-state index in [2.05, 4.69) is 23.8 Å². The lowest BCUT2D eigenvalue weighted by Crippen LogP contribution is -2.41. The molecule has 0 amide bonds. The van der Waals surface area contributed by atoms with E-state index in [0.29, 0.717) is 0 Å². The Hall–Kier alpha value is -1.24. The van der Waals surface area contributed by atoms with Crippen LogP contribution < -0.4 is 0 Å². The molecule has 0 bridgehead atoms. The molecular formula is C13H20N2O2. The summed E-state index contributed by atoms with van der Waals surface area (Å²) >= 11 is 0. The van der Waals surface area contributed by atoms with Crippen molar-refractivity contribution in [2.75, 3.05) is 0 Å². The molecule has 4 heteroatoms. The maximum atomic E-state index is 10.6. The Kier molecular flexibility index (Phi) is 4.39. The smallest absolute Gasteiger partial charge is 0.211 e. The number of carbonyl (C=O) groups excluding carboxylic acids is 2. The third-order valence-corrected chi connectivity index (χ3v) is 3.65. The third kappa shape index (κ3) is 3.62. The molecule has 2 unspecified atom stereocenters. The fourth-order valence-electron chi connectivity index (χ4n) is 2.91. The van der Waals surface area contributed by atoms with Crippen LogP contribution in [0.15, 0.2) is 9.98 Å². The van der Waals surface area contributed by atoms with E-state index in [4.69, 9.17) is 0 Å². The number of aliphatic imine (C=N–C) groups is 2. The number of nitrogens with zero attached hydrogens (tertiary/aromatic N) is 2. The molecule has 4 nitrogen and oxygen atoms in total. The summed E-state index contributed by atoms with van der Waals surface area (Å²) in [5.74, 6) is 0. The summed E-state index contributed by atoms with van der Waals surface area (Å²) in [5.41, 5.74) is -0.519. The van der Waals surface area contributed by atoms with Gasteiger partial charge in [0.2, 0.25) is 12.2 Å². The zero-order valence-electron chi connectivity index (χ0n) is 10.8. The Morgan fingerprint density at radius 1 is 1.12 bits per heavy atom. The Morgan fingerprint density at radius 2 is 1.82 bits per heavy atom. The summed E-state index contributed by atoms with van der Waals surface area (Å²) in [6.07, 6.45) is 8.01. The summed E-state index contributed by atoms with van der Waals surface area (Å²) in [7, 11) is 0. The van der Waals surface area contributed by atoms with Crippen LogP contribution >= 0.6 is 0 Å². The van der Waals surface area contributed by atoms with Crippen LogP contribution in [0.25, 0.3) is 0 Å². The average Bonchev–Trinajstić information content (AvgIpc) is 2.20. The zero-order valence-corrected chi connectivity index (χ0v) is 10.8. The molecule has 0 heterocycles. The van der Waals surface area contributed by atoms with Gasteiger partial charge in [0.15, 0.2) is 0 Å². The summed E-state index contributed by atoms with van der Waals surface area (Å²) in [6, 6.07) is -0.249. The van der Waals surface area contributed by atoms with Crippen molar-refractivity contribution in [1.82, 2.24) is 0 Å². The number of isocyanates is 2. The number of hydrogen-bond acceptors (Lipinski definition) is 4. The van der Waals surface area contributed by atoms with Crippen LogP contribution in [0.3, 0.4) is 0 Å². The summed E-state index contributed by atoms with van der Waals surface area (Å²) in [4.78, 5) is 28.9. The predicted octanol–water partition coefficient (Wildman–Crippen LogP) is 2.78. The van der Waals surface area contributed by atoms with E-state index < -0.39 is 5.54 Å². The minimum absolute atomic E-state index is 0.103. The van der Waals surface area contributed by atoms with Crippen molar-refractivity contribution in [2.24, 2.45) is 15.4 Å².